The Bertz CT molecular complexity index is 773. The molecule has 0 aromatic rings. The number of nitrogens with two attached hydrogens (primary N) is 3. The van der Waals surface area contributed by atoms with Crippen molar-refractivity contribution in [1.29, 1.82) is 0 Å². The van der Waals surface area contributed by atoms with Gasteiger partial charge in [-0.3, -0.25) is 24.2 Å². The summed E-state index contributed by atoms with van der Waals surface area (Å²) in [4.78, 5) is 63.6. The van der Waals surface area contributed by atoms with E-state index < -0.39 is 66.4 Å². The van der Waals surface area contributed by atoms with Crippen molar-refractivity contribution >= 4 is 35.6 Å². The average molecular weight is 504 g/mol. The van der Waals surface area contributed by atoms with E-state index >= 15 is 0 Å². The second-order valence-corrected chi connectivity index (χ2v) is 8.00. The molecule has 0 saturated carbocycles. The van der Waals surface area contributed by atoms with Gasteiger partial charge in [-0.25, -0.2) is 4.79 Å². The number of aliphatic imine (C=N–C) groups is 1. The summed E-state index contributed by atoms with van der Waals surface area (Å²) in [5.74, 6) is -5.56. The Morgan fingerprint density at radius 3 is 1.97 bits per heavy atom. The molecule has 35 heavy (non-hydrogen) atoms. The lowest BCUT2D eigenvalue weighted by atomic mass is 9.99. The molecule has 0 aromatic heterocycles. The van der Waals surface area contributed by atoms with E-state index in [2.05, 4.69) is 20.9 Å². The summed E-state index contributed by atoms with van der Waals surface area (Å²) >= 11 is 0. The summed E-state index contributed by atoms with van der Waals surface area (Å²) in [6, 6.07) is -5.16. The molecule has 0 saturated heterocycles. The molecule has 0 aromatic carbocycles. The lowest BCUT2D eigenvalue weighted by Crippen LogP contribution is -2.58. The molecule has 0 spiro atoms. The van der Waals surface area contributed by atoms with Gasteiger partial charge in [-0.1, -0.05) is 20.3 Å². The van der Waals surface area contributed by atoms with Gasteiger partial charge < -0.3 is 48.5 Å². The first-order valence-corrected chi connectivity index (χ1v) is 11.1. The van der Waals surface area contributed by atoms with Gasteiger partial charge in [0.15, 0.2) is 5.96 Å². The van der Waals surface area contributed by atoms with Crippen molar-refractivity contribution in [2.75, 3.05) is 13.2 Å². The SMILES string of the molecule is CCC(C)C(NC(=O)C(CO)NC(=O)C(CCCN=C(N)N)NC(=O)C(N)CCC(=O)O)C(=O)O. The van der Waals surface area contributed by atoms with Gasteiger partial charge in [-0.2, -0.15) is 0 Å². The fourth-order valence-electron chi connectivity index (χ4n) is 2.86. The minimum Gasteiger partial charge on any atom is -0.481 e. The Labute approximate surface area is 202 Å². The average Bonchev–Trinajstić information content (AvgIpc) is 2.79. The van der Waals surface area contributed by atoms with Gasteiger partial charge in [-0.15, -0.1) is 0 Å². The predicted molar refractivity (Wildman–Crippen MR) is 125 cm³/mol. The lowest BCUT2D eigenvalue weighted by Gasteiger charge is -2.25. The van der Waals surface area contributed by atoms with Crippen LogP contribution in [0.5, 0.6) is 0 Å². The van der Waals surface area contributed by atoms with Crippen molar-refractivity contribution in [3.05, 3.63) is 0 Å². The van der Waals surface area contributed by atoms with E-state index in [0.717, 1.165) is 0 Å². The van der Waals surface area contributed by atoms with Crippen LogP contribution in [0.2, 0.25) is 0 Å². The molecule has 0 aliphatic heterocycles. The highest BCUT2D eigenvalue weighted by Crippen LogP contribution is 2.08. The maximum Gasteiger partial charge on any atom is 0.326 e. The first-order chi connectivity index (χ1) is 16.3. The van der Waals surface area contributed by atoms with Crippen LogP contribution in [-0.4, -0.2) is 88.3 Å². The van der Waals surface area contributed by atoms with Gasteiger partial charge in [0, 0.05) is 13.0 Å². The molecule has 0 rings (SSSR count). The fourth-order valence-corrected chi connectivity index (χ4v) is 2.86. The monoisotopic (exact) mass is 503 g/mol. The molecule has 200 valence electrons. The number of carbonyl (C=O) groups excluding carboxylic acids is 3. The topological polar surface area (TPSA) is 273 Å². The summed E-state index contributed by atoms with van der Waals surface area (Å²) < 4.78 is 0. The van der Waals surface area contributed by atoms with Crippen LogP contribution in [0.25, 0.3) is 0 Å². The van der Waals surface area contributed by atoms with Crippen molar-refractivity contribution in [1.82, 2.24) is 16.0 Å². The highest BCUT2D eigenvalue weighted by molar-refractivity contribution is 5.94. The maximum atomic E-state index is 12.8. The Hall–Kier alpha value is -3.46. The number of amides is 3. The number of guanidine groups is 1. The lowest BCUT2D eigenvalue weighted by molar-refractivity contribution is -0.144. The summed E-state index contributed by atoms with van der Waals surface area (Å²) in [7, 11) is 0. The van der Waals surface area contributed by atoms with Crippen LogP contribution >= 0.6 is 0 Å². The molecule has 5 atom stereocenters. The molecule has 0 bridgehead atoms. The van der Waals surface area contributed by atoms with Crippen molar-refractivity contribution in [3.63, 3.8) is 0 Å². The van der Waals surface area contributed by atoms with Gasteiger partial charge in [0.25, 0.3) is 0 Å². The molecule has 0 radical (unpaired) electrons. The van der Waals surface area contributed by atoms with Crippen LogP contribution < -0.4 is 33.2 Å². The first kappa shape index (κ1) is 31.5. The standard InChI is InChI=1S/C20H37N7O8/c1-3-10(2)15(19(34)35)27-18(33)13(9-28)26-17(32)12(5-4-8-24-20(22)23)25-16(31)11(21)6-7-14(29)30/h10-13,15,28H,3-9,21H2,1-2H3,(H,25,31)(H,26,32)(H,27,33)(H,29,30)(H,34,35)(H4,22,23,24). The fraction of sp³-hybridized carbons (Fsp3) is 0.700. The number of rotatable bonds is 17. The van der Waals surface area contributed by atoms with Crippen molar-refractivity contribution in [2.24, 2.45) is 28.1 Å². The van der Waals surface area contributed by atoms with E-state index in [0.29, 0.717) is 6.42 Å². The van der Waals surface area contributed by atoms with Gasteiger partial charge in [0.1, 0.15) is 18.1 Å². The van der Waals surface area contributed by atoms with Crippen LogP contribution in [-0.2, 0) is 24.0 Å². The zero-order chi connectivity index (χ0) is 27.1. The van der Waals surface area contributed by atoms with Gasteiger partial charge in [0.05, 0.1) is 12.6 Å². The van der Waals surface area contributed by atoms with Crippen LogP contribution in [0.15, 0.2) is 4.99 Å². The first-order valence-electron chi connectivity index (χ1n) is 11.1. The molecular weight excluding hydrogens is 466 g/mol. The number of carbonyl (C=O) groups is 5. The number of carboxylic acids is 2. The molecule has 12 N–H and O–H groups in total. The molecule has 0 aliphatic rings. The van der Waals surface area contributed by atoms with E-state index in [1.54, 1.807) is 13.8 Å². The van der Waals surface area contributed by atoms with Gasteiger partial charge >= 0.3 is 11.9 Å². The van der Waals surface area contributed by atoms with Crippen LogP contribution in [0.3, 0.4) is 0 Å². The Kier molecular flexibility index (Phi) is 14.6. The van der Waals surface area contributed by atoms with E-state index in [1.165, 1.54) is 0 Å². The normalized spacial score (nSPS) is 15.0. The van der Waals surface area contributed by atoms with E-state index in [4.69, 9.17) is 22.3 Å². The molecular formula is C20H37N7O8. The highest BCUT2D eigenvalue weighted by Gasteiger charge is 2.31. The number of aliphatic hydroxyl groups is 1. The molecule has 0 fully saturated rings. The molecule has 5 unspecified atom stereocenters. The van der Waals surface area contributed by atoms with Crippen LogP contribution in [0, 0.1) is 5.92 Å². The largest absolute Gasteiger partial charge is 0.481 e. The summed E-state index contributed by atoms with van der Waals surface area (Å²) in [5, 5.41) is 34.7. The second-order valence-electron chi connectivity index (χ2n) is 8.00. The highest BCUT2D eigenvalue weighted by atomic mass is 16.4. The number of hydrogen-bond acceptors (Lipinski definition) is 8. The third kappa shape index (κ3) is 12.5. The maximum absolute atomic E-state index is 12.8. The van der Waals surface area contributed by atoms with E-state index in [-0.39, 0.29) is 38.2 Å². The number of aliphatic hydroxyl groups excluding tert-OH is 1. The molecule has 15 heteroatoms. The number of nitrogens with one attached hydrogen (secondary N) is 3. The van der Waals surface area contributed by atoms with E-state index in [1.807, 2.05) is 0 Å². The van der Waals surface area contributed by atoms with Gasteiger partial charge in [0.2, 0.25) is 17.7 Å². The number of hydrogen-bond donors (Lipinski definition) is 9. The minimum absolute atomic E-state index is 0.0182. The van der Waals surface area contributed by atoms with E-state index in [9.17, 15) is 34.2 Å². The number of carboxylic acid groups (broad SMARTS) is 2. The minimum atomic E-state index is -1.49. The number of aliphatic carboxylic acids is 2. The second kappa shape index (κ2) is 16.2. The predicted octanol–water partition coefficient (Wildman–Crippen LogP) is -3.19. The van der Waals surface area contributed by atoms with Crippen molar-refractivity contribution in [3.8, 4) is 0 Å². The third-order valence-electron chi connectivity index (χ3n) is 5.18. The van der Waals surface area contributed by atoms with Crippen molar-refractivity contribution in [2.45, 2.75) is 70.1 Å². The molecule has 0 aliphatic carbocycles. The zero-order valence-electron chi connectivity index (χ0n) is 19.9. The Morgan fingerprint density at radius 1 is 0.914 bits per heavy atom. The van der Waals surface area contributed by atoms with Crippen LogP contribution in [0.4, 0.5) is 0 Å². The summed E-state index contributed by atoms with van der Waals surface area (Å²) in [5.41, 5.74) is 16.2. The smallest absolute Gasteiger partial charge is 0.326 e. The quantitative estimate of drug-likeness (QED) is 0.0541. The summed E-state index contributed by atoms with van der Waals surface area (Å²) in [6.07, 6.45) is 0.191. The van der Waals surface area contributed by atoms with Crippen LogP contribution in [0.1, 0.15) is 46.0 Å². The summed E-state index contributed by atoms with van der Waals surface area (Å²) in [6.45, 7) is 2.67. The molecule has 0 heterocycles. The molecule has 15 nitrogen and oxygen atoms in total. The van der Waals surface area contributed by atoms with Gasteiger partial charge in [-0.05, 0) is 25.2 Å². The third-order valence-corrected chi connectivity index (χ3v) is 5.18. The zero-order valence-corrected chi connectivity index (χ0v) is 19.9. The Balaban J connectivity index is 5.40. The Morgan fingerprint density at radius 2 is 1.49 bits per heavy atom. The van der Waals surface area contributed by atoms with Crippen molar-refractivity contribution < 1.29 is 39.3 Å². The molecule has 3 amide bonds. The number of nitrogens with zero attached hydrogens (tertiary/aromatic N) is 1.